The molecule has 0 aliphatic rings. The van der Waals surface area contributed by atoms with Crippen molar-refractivity contribution in [2.75, 3.05) is 6.54 Å². The maximum absolute atomic E-state index is 12.2. The lowest BCUT2D eigenvalue weighted by atomic mass is 10.1. The Morgan fingerprint density at radius 1 is 1.07 bits per heavy atom. The van der Waals surface area contributed by atoms with E-state index in [4.69, 9.17) is 20.8 Å². The Labute approximate surface area is 178 Å². The van der Waals surface area contributed by atoms with Crippen LogP contribution in [0.4, 0.5) is 0 Å². The lowest BCUT2D eigenvalue weighted by Crippen LogP contribution is -2.30. The zero-order chi connectivity index (χ0) is 21.8. The van der Waals surface area contributed by atoms with Crippen molar-refractivity contribution in [2.45, 2.75) is 33.8 Å². The van der Waals surface area contributed by atoms with E-state index in [1.165, 1.54) is 6.07 Å². The molecular weight excluding hydrogens is 406 g/mol. The summed E-state index contributed by atoms with van der Waals surface area (Å²) in [6.45, 7) is 5.40. The maximum atomic E-state index is 12.2. The number of hydrogen-bond acceptors (Lipinski definition) is 5. The van der Waals surface area contributed by atoms with E-state index in [1.807, 2.05) is 26.8 Å². The van der Waals surface area contributed by atoms with Gasteiger partial charge < -0.3 is 14.5 Å². The summed E-state index contributed by atoms with van der Waals surface area (Å²) in [5, 5.41) is 3.69. The number of carbonyl (C=O) groups excluding carboxylic acids is 2. The minimum Gasteiger partial charge on any atom is -0.459 e. The number of esters is 1. The second-order valence-electron chi connectivity index (χ2n) is 7.03. The van der Waals surface area contributed by atoms with E-state index in [-0.39, 0.29) is 19.1 Å². The van der Waals surface area contributed by atoms with Crippen molar-refractivity contribution in [3.8, 4) is 0 Å². The third-order valence-corrected chi connectivity index (χ3v) is 5.28. The third kappa shape index (κ3) is 4.89. The molecule has 0 unspecified atom stereocenters. The van der Waals surface area contributed by atoms with Crippen LogP contribution in [-0.2, 0) is 22.6 Å². The summed E-state index contributed by atoms with van der Waals surface area (Å²) in [6.07, 6.45) is 0.692. The van der Waals surface area contributed by atoms with Gasteiger partial charge in [0.05, 0.1) is 0 Å². The molecule has 1 aromatic heterocycles. The fourth-order valence-corrected chi connectivity index (χ4v) is 3.32. The number of ether oxygens (including phenoxy) is 1. The van der Waals surface area contributed by atoms with E-state index in [0.29, 0.717) is 33.5 Å². The van der Waals surface area contributed by atoms with Crippen LogP contribution in [0.3, 0.4) is 0 Å². The fourth-order valence-electron chi connectivity index (χ4n) is 3.03. The Morgan fingerprint density at radius 3 is 2.53 bits per heavy atom. The molecule has 3 rings (SSSR count). The van der Waals surface area contributed by atoms with E-state index < -0.39 is 11.6 Å². The van der Waals surface area contributed by atoms with E-state index in [9.17, 15) is 14.4 Å². The topological polar surface area (TPSA) is 85.6 Å². The van der Waals surface area contributed by atoms with E-state index in [0.717, 1.165) is 16.7 Å². The van der Waals surface area contributed by atoms with Gasteiger partial charge in [-0.15, -0.1) is 0 Å². The summed E-state index contributed by atoms with van der Waals surface area (Å²) >= 11 is 6.27. The van der Waals surface area contributed by atoms with Gasteiger partial charge in [-0.25, -0.2) is 4.79 Å². The van der Waals surface area contributed by atoms with Crippen LogP contribution in [-0.4, -0.2) is 18.4 Å². The molecule has 156 valence electrons. The molecule has 1 N–H and O–H groups in total. The van der Waals surface area contributed by atoms with Crippen molar-refractivity contribution in [2.24, 2.45) is 0 Å². The molecule has 0 saturated carbocycles. The second-order valence-corrected chi connectivity index (χ2v) is 7.43. The van der Waals surface area contributed by atoms with Crippen LogP contribution in [0.1, 0.15) is 39.5 Å². The molecule has 0 bridgehead atoms. The summed E-state index contributed by atoms with van der Waals surface area (Å²) in [5.74, 6) is -0.982. The SMILES string of the molecule is CCc1cc2oc(=O)cc(COC(=O)CNC(=O)c3ccc(C)c(C)c3)c2cc1Cl. The lowest BCUT2D eigenvalue weighted by molar-refractivity contribution is -0.143. The number of amides is 1. The van der Waals surface area contributed by atoms with Gasteiger partial charge >= 0.3 is 11.6 Å². The zero-order valence-corrected chi connectivity index (χ0v) is 17.8. The van der Waals surface area contributed by atoms with E-state index in [1.54, 1.807) is 24.3 Å². The standard InChI is InChI=1S/C23H22ClNO5/c1-4-15-8-20-18(10-19(15)24)17(9-21(26)30-20)12-29-22(27)11-25-23(28)16-6-5-13(2)14(3)7-16/h5-10H,4,11-12H2,1-3H3,(H,25,28). The normalized spacial score (nSPS) is 10.8. The van der Waals surface area contributed by atoms with Gasteiger partial charge in [0.15, 0.2) is 0 Å². The molecule has 0 atom stereocenters. The Morgan fingerprint density at radius 2 is 1.83 bits per heavy atom. The second kappa shape index (κ2) is 9.13. The molecule has 2 aromatic carbocycles. The number of hydrogen-bond donors (Lipinski definition) is 1. The minimum atomic E-state index is -0.621. The minimum absolute atomic E-state index is 0.137. The monoisotopic (exact) mass is 427 g/mol. The van der Waals surface area contributed by atoms with Gasteiger partial charge in [0, 0.05) is 27.6 Å². The average Bonchev–Trinajstić information content (AvgIpc) is 2.72. The molecule has 1 amide bonds. The summed E-state index contributed by atoms with van der Waals surface area (Å²) < 4.78 is 10.5. The molecule has 30 heavy (non-hydrogen) atoms. The van der Waals surface area contributed by atoms with Gasteiger partial charge in [-0.1, -0.05) is 24.6 Å². The van der Waals surface area contributed by atoms with Crippen LogP contribution in [0.15, 0.2) is 45.6 Å². The molecule has 3 aromatic rings. The smallest absolute Gasteiger partial charge is 0.336 e. The summed E-state index contributed by atoms with van der Waals surface area (Å²) in [7, 11) is 0. The van der Waals surface area contributed by atoms with Crippen LogP contribution < -0.4 is 10.9 Å². The van der Waals surface area contributed by atoms with Crippen molar-refractivity contribution in [1.29, 1.82) is 0 Å². The molecule has 0 aliphatic heterocycles. The Hall–Kier alpha value is -3.12. The molecule has 0 saturated heterocycles. The van der Waals surface area contributed by atoms with Crippen molar-refractivity contribution < 1.29 is 18.7 Å². The highest BCUT2D eigenvalue weighted by atomic mass is 35.5. The van der Waals surface area contributed by atoms with Crippen molar-refractivity contribution in [1.82, 2.24) is 5.32 Å². The number of benzene rings is 2. The first-order valence-corrected chi connectivity index (χ1v) is 9.92. The lowest BCUT2D eigenvalue weighted by Gasteiger charge is -2.10. The quantitative estimate of drug-likeness (QED) is 0.473. The van der Waals surface area contributed by atoms with Gasteiger partial charge in [0.2, 0.25) is 0 Å². The number of fused-ring (bicyclic) bond motifs is 1. The first-order valence-electron chi connectivity index (χ1n) is 9.54. The Kier molecular flexibility index (Phi) is 6.57. The van der Waals surface area contributed by atoms with Gasteiger partial charge in [-0.3, -0.25) is 9.59 Å². The average molecular weight is 428 g/mol. The number of halogens is 1. The summed E-state index contributed by atoms with van der Waals surface area (Å²) in [4.78, 5) is 36.2. The predicted octanol–water partition coefficient (Wildman–Crippen LogP) is 4.10. The van der Waals surface area contributed by atoms with Crippen molar-refractivity contribution in [3.63, 3.8) is 0 Å². The van der Waals surface area contributed by atoms with Crippen LogP contribution in [0.25, 0.3) is 11.0 Å². The predicted molar refractivity (Wildman–Crippen MR) is 115 cm³/mol. The molecule has 0 fully saturated rings. The molecule has 0 spiro atoms. The van der Waals surface area contributed by atoms with Crippen molar-refractivity contribution >= 4 is 34.4 Å². The third-order valence-electron chi connectivity index (χ3n) is 4.93. The van der Waals surface area contributed by atoms with Crippen LogP contribution in [0.2, 0.25) is 5.02 Å². The highest BCUT2D eigenvalue weighted by molar-refractivity contribution is 6.32. The largest absolute Gasteiger partial charge is 0.459 e. The Bertz CT molecular complexity index is 1180. The molecule has 0 aliphatic carbocycles. The summed E-state index contributed by atoms with van der Waals surface area (Å²) in [5.41, 5.74) is 3.73. The fraction of sp³-hybridized carbons (Fsp3) is 0.261. The van der Waals surface area contributed by atoms with Gasteiger partial charge in [0.1, 0.15) is 18.7 Å². The maximum Gasteiger partial charge on any atom is 0.336 e. The van der Waals surface area contributed by atoms with E-state index >= 15 is 0 Å². The van der Waals surface area contributed by atoms with Gasteiger partial charge in [0.25, 0.3) is 5.91 Å². The zero-order valence-electron chi connectivity index (χ0n) is 17.0. The first kappa shape index (κ1) is 21.6. The number of carbonyl (C=O) groups is 2. The molecule has 1 heterocycles. The van der Waals surface area contributed by atoms with Gasteiger partial charge in [-0.2, -0.15) is 0 Å². The van der Waals surface area contributed by atoms with Crippen molar-refractivity contribution in [3.05, 3.63) is 79.7 Å². The molecule has 0 radical (unpaired) electrons. The van der Waals surface area contributed by atoms with Gasteiger partial charge in [-0.05, 0) is 61.2 Å². The molecular formula is C23H22ClNO5. The molecule has 7 heteroatoms. The molecule has 6 nitrogen and oxygen atoms in total. The highest BCUT2D eigenvalue weighted by Gasteiger charge is 2.13. The van der Waals surface area contributed by atoms with Crippen LogP contribution in [0, 0.1) is 13.8 Å². The first-order chi connectivity index (χ1) is 14.3. The number of nitrogens with one attached hydrogen (secondary N) is 1. The van der Waals surface area contributed by atoms with Crippen LogP contribution >= 0.6 is 11.6 Å². The van der Waals surface area contributed by atoms with E-state index in [2.05, 4.69) is 5.32 Å². The highest BCUT2D eigenvalue weighted by Crippen LogP contribution is 2.26. The summed E-state index contributed by atoms with van der Waals surface area (Å²) in [6, 6.07) is 10.00. The van der Waals surface area contributed by atoms with Crippen LogP contribution in [0.5, 0.6) is 0 Å². The number of rotatable bonds is 6. The Balaban J connectivity index is 1.66. The number of aryl methyl sites for hydroxylation is 3.